The van der Waals surface area contributed by atoms with Gasteiger partial charge in [0.05, 0.1) is 39.9 Å². The van der Waals surface area contributed by atoms with Crippen molar-refractivity contribution in [2.24, 2.45) is 0 Å². The van der Waals surface area contributed by atoms with Crippen molar-refractivity contribution in [3.8, 4) is 17.6 Å². The van der Waals surface area contributed by atoms with Crippen LogP contribution in [-0.4, -0.2) is 89.5 Å². The first-order valence-electron chi connectivity index (χ1n) is 23.1. The number of nitrogens with zero attached hydrogens (tertiary/aromatic N) is 3. The molecule has 1 amide bonds. The van der Waals surface area contributed by atoms with Crippen molar-refractivity contribution in [1.29, 1.82) is 5.26 Å². The topological polar surface area (TPSA) is 201 Å². The molecule has 366 valence electrons. The average Bonchev–Trinajstić information content (AvgIpc) is 3.70. The first-order valence-corrected chi connectivity index (χ1v) is 24.3. The van der Waals surface area contributed by atoms with E-state index in [0.717, 1.165) is 27.3 Å². The first-order chi connectivity index (χ1) is 34.3. The molecule has 1 aromatic heterocycles. The summed E-state index contributed by atoms with van der Waals surface area (Å²) in [5, 5.41) is 12.7. The molecular weight excluding hydrogens is 926 g/mol. The Kier molecular flexibility index (Phi) is 15.5. The number of ether oxygens (including phenoxy) is 4. The van der Waals surface area contributed by atoms with Crippen LogP contribution in [0.4, 0.5) is 0 Å². The van der Waals surface area contributed by atoms with Crippen LogP contribution in [0.15, 0.2) is 143 Å². The zero-order valence-corrected chi connectivity index (χ0v) is 41.0. The molecule has 2 heterocycles. The molecule has 5 atom stereocenters. The number of ketones is 2. The summed E-state index contributed by atoms with van der Waals surface area (Å²) in [6.45, 7) is 7.72. The zero-order valence-electron chi connectivity index (χ0n) is 40.1. The third kappa shape index (κ3) is 10.2. The molecule has 71 heavy (non-hydrogen) atoms. The van der Waals surface area contributed by atoms with E-state index in [1.165, 1.54) is 24.4 Å². The minimum Gasteiger partial charge on any atom is -0.497 e. The van der Waals surface area contributed by atoms with E-state index in [0.29, 0.717) is 11.5 Å². The predicted molar refractivity (Wildman–Crippen MR) is 265 cm³/mol. The molecule has 0 bridgehead atoms. The molecule has 0 spiro atoms. The molecule has 1 aliphatic heterocycles. The third-order valence-electron chi connectivity index (χ3n) is 12.5. The number of hydrogen-bond acceptors (Lipinski definition) is 13. The van der Waals surface area contributed by atoms with Gasteiger partial charge in [-0.05, 0) is 86.8 Å². The minimum atomic E-state index is -2.04. The van der Waals surface area contributed by atoms with Crippen molar-refractivity contribution in [3.05, 3.63) is 199 Å². The standard InChI is InChI=1S/C54H54N5O11P/c1-33(2)59(34(3)4)71(68-30-12-28-55)70-50-45(32-67-54(36-13-8-7-9-14-36,37-18-22-39(65-5)23-19-37)38-20-24-40(66-6)25-21-38)69-52(58-29-27-46(60)56-53(58)64)47(50)57-51(63)35-17-26-43-44(31-35)49(62)42-16-11-10-15-41(42)48(43)61/h7-11,13-27,29,31,33-34,45,47,50,52H,12,30,32H2,1-6H3,(H,57,63)(H,56,60,64)/t45-,47-,50-,52-,71?/m1/s1. The van der Waals surface area contributed by atoms with Gasteiger partial charge >= 0.3 is 5.69 Å². The quantitative estimate of drug-likeness (QED) is 0.0454. The van der Waals surface area contributed by atoms with Gasteiger partial charge in [-0.15, -0.1) is 0 Å². The van der Waals surface area contributed by atoms with Gasteiger partial charge in [-0.25, -0.2) is 9.46 Å². The van der Waals surface area contributed by atoms with Crippen LogP contribution >= 0.6 is 8.53 Å². The predicted octanol–water partition coefficient (Wildman–Crippen LogP) is 7.70. The second-order valence-electron chi connectivity index (χ2n) is 17.5. The van der Waals surface area contributed by atoms with E-state index in [2.05, 4.69) is 16.4 Å². The Morgan fingerprint density at radius 1 is 0.775 bits per heavy atom. The number of amides is 1. The van der Waals surface area contributed by atoms with Crippen LogP contribution in [0.2, 0.25) is 0 Å². The molecule has 2 aliphatic rings. The van der Waals surface area contributed by atoms with Gasteiger partial charge in [0, 0.05) is 52.2 Å². The van der Waals surface area contributed by atoms with Crippen molar-refractivity contribution in [2.75, 3.05) is 27.4 Å². The summed E-state index contributed by atoms with van der Waals surface area (Å²) in [6, 6.07) is 37.2. The Morgan fingerprint density at radius 2 is 1.34 bits per heavy atom. The number of hydrogen-bond donors (Lipinski definition) is 2. The van der Waals surface area contributed by atoms with Gasteiger partial charge in [0.2, 0.25) is 0 Å². The van der Waals surface area contributed by atoms with E-state index in [-0.39, 0.29) is 65.3 Å². The molecule has 1 fully saturated rings. The van der Waals surface area contributed by atoms with Crippen molar-refractivity contribution in [3.63, 3.8) is 0 Å². The number of carbonyl (C=O) groups excluding carboxylic acids is 3. The highest BCUT2D eigenvalue weighted by Crippen LogP contribution is 2.51. The van der Waals surface area contributed by atoms with Crippen molar-refractivity contribution >= 4 is 26.0 Å². The fourth-order valence-electron chi connectivity index (χ4n) is 9.18. The van der Waals surface area contributed by atoms with Gasteiger partial charge in [0.1, 0.15) is 35.3 Å². The molecule has 1 unspecified atom stereocenters. The second kappa shape index (κ2) is 21.9. The maximum atomic E-state index is 14.8. The summed E-state index contributed by atoms with van der Waals surface area (Å²) in [7, 11) is 1.12. The molecule has 0 saturated carbocycles. The summed E-state index contributed by atoms with van der Waals surface area (Å²) >= 11 is 0. The number of benzene rings is 5. The number of aromatic amines is 1. The van der Waals surface area contributed by atoms with Crippen LogP contribution in [-0.2, 0) is 24.1 Å². The van der Waals surface area contributed by atoms with E-state index < -0.39 is 61.5 Å². The Morgan fingerprint density at radius 3 is 1.90 bits per heavy atom. The lowest BCUT2D eigenvalue weighted by Crippen LogP contribution is -2.50. The Bertz CT molecular complexity index is 2990. The lowest BCUT2D eigenvalue weighted by molar-refractivity contribution is -0.0928. The van der Waals surface area contributed by atoms with Crippen LogP contribution < -0.4 is 26.0 Å². The van der Waals surface area contributed by atoms with Gasteiger partial charge in [0.15, 0.2) is 17.8 Å². The summed E-state index contributed by atoms with van der Waals surface area (Å²) in [5.41, 5.74) is 0.115. The number of methoxy groups -OCH3 is 2. The number of H-pyrrole nitrogens is 1. The molecule has 1 saturated heterocycles. The first kappa shape index (κ1) is 50.3. The lowest BCUT2D eigenvalue weighted by atomic mass is 9.80. The van der Waals surface area contributed by atoms with Crippen LogP contribution in [0, 0.1) is 11.3 Å². The normalized spacial score (nSPS) is 18.0. The molecule has 16 nitrogen and oxygen atoms in total. The fraction of sp³-hybridized carbons (Fsp3) is 0.296. The highest BCUT2D eigenvalue weighted by molar-refractivity contribution is 7.44. The number of aromatic nitrogens is 2. The van der Waals surface area contributed by atoms with Crippen LogP contribution in [0.3, 0.4) is 0 Å². The van der Waals surface area contributed by atoms with Gasteiger partial charge in [-0.3, -0.25) is 28.7 Å². The van der Waals surface area contributed by atoms with Crippen molar-refractivity contribution < 1.29 is 42.4 Å². The maximum Gasteiger partial charge on any atom is 0.330 e. The van der Waals surface area contributed by atoms with Crippen LogP contribution in [0.25, 0.3) is 0 Å². The average molecular weight is 980 g/mol. The molecule has 17 heteroatoms. The number of nitriles is 1. The molecule has 6 aromatic rings. The smallest absolute Gasteiger partial charge is 0.330 e. The second-order valence-corrected chi connectivity index (χ2v) is 18.9. The van der Waals surface area contributed by atoms with Gasteiger partial charge in [-0.2, -0.15) is 5.26 Å². The van der Waals surface area contributed by atoms with E-state index >= 15 is 0 Å². The molecule has 1 aliphatic carbocycles. The number of fused-ring (bicyclic) bond motifs is 2. The monoisotopic (exact) mass is 979 g/mol. The van der Waals surface area contributed by atoms with Gasteiger partial charge in [0.25, 0.3) is 20.0 Å². The summed E-state index contributed by atoms with van der Waals surface area (Å²) in [4.78, 5) is 70.9. The summed E-state index contributed by atoms with van der Waals surface area (Å²) in [6.07, 6.45) is -2.29. The summed E-state index contributed by atoms with van der Waals surface area (Å²) < 4.78 is 42.2. The highest BCUT2D eigenvalue weighted by atomic mass is 31.2. The Hall–Kier alpha value is -7.09. The highest BCUT2D eigenvalue weighted by Gasteiger charge is 2.52. The van der Waals surface area contributed by atoms with E-state index in [4.69, 9.17) is 28.0 Å². The molecule has 2 N–H and O–H groups in total. The Labute approximate surface area is 412 Å². The minimum absolute atomic E-state index is 0.0176. The van der Waals surface area contributed by atoms with E-state index in [1.807, 2.05) is 111 Å². The largest absolute Gasteiger partial charge is 0.497 e. The molecule has 5 aromatic carbocycles. The number of rotatable bonds is 19. The van der Waals surface area contributed by atoms with E-state index in [1.54, 1.807) is 38.5 Å². The van der Waals surface area contributed by atoms with Crippen molar-refractivity contribution in [2.45, 2.75) is 76.3 Å². The molecular formula is C54H54N5O11P. The van der Waals surface area contributed by atoms with E-state index in [9.17, 15) is 29.2 Å². The van der Waals surface area contributed by atoms with Gasteiger partial charge < -0.3 is 33.3 Å². The fourth-order valence-corrected chi connectivity index (χ4v) is 11.0. The molecule has 8 rings (SSSR count). The number of carbonyl (C=O) groups is 3. The van der Waals surface area contributed by atoms with Crippen LogP contribution in [0.5, 0.6) is 11.5 Å². The Balaban J connectivity index is 1.27. The summed E-state index contributed by atoms with van der Waals surface area (Å²) in [5.74, 6) is -0.207. The van der Waals surface area contributed by atoms with Gasteiger partial charge in [-0.1, -0.05) is 78.9 Å². The number of nitrogens with one attached hydrogen (secondary N) is 2. The van der Waals surface area contributed by atoms with Crippen LogP contribution in [0.1, 0.15) is 99.2 Å². The zero-order chi connectivity index (χ0) is 50.4. The molecule has 0 radical (unpaired) electrons. The van der Waals surface area contributed by atoms with Crippen molar-refractivity contribution in [1.82, 2.24) is 19.5 Å². The maximum absolute atomic E-state index is 14.8. The third-order valence-corrected chi connectivity index (χ3v) is 14.6. The lowest BCUT2D eigenvalue weighted by Gasteiger charge is -2.39. The SMILES string of the molecule is COc1ccc(C(OC[C@H]2O[C@@H](n3ccc(=O)[nH]c3=O)[C@H](NC(=O)c3ccc4c(c3)C(=O)c3ccccc3C4=O)[C@@H]2OP(OCCC#N)N(C(C)C)C(C)C)(c2ccccc2)c2ccc(OC)cc2)cc1.